The molecule has 1 heterocycles. The third-order valence-electron chi connectivity index (χ3n) is 2.59. The van der Waals surface area contributed by atoms with Crippen molar-refractivity contribution in [1.29, 1.82) is 0 Å². The second kappa shape index (κ2) is 5.27. The number of carbonyl (C=O) groups is 1. The molecule has 0 saturated heterocycles. The van der Waals surface area contributed by atoms with E-state index in [0.717, 1.165) is 23.3 Å². The number of aromatic nitrogens is 1. The summed E-state index contributed by atoms with van der Waals surface area (Å²) in [5.74, 6) is -0.0266. The molecule has 0 atom stereocenters. The molecule has 3 nitrogen and oxygen atoms in total. The first kappa shape index (κ1) is 12.0. The molecule has 0 radical (unpaired) electrons. The molecule has 0 unspecified atom stereocenters. The van der Waals surface area contributed by atoms with Crippen molar-refractivity contribution < 1.29 is 4.79 Å². The predicted octanol–water partition coefficient (Wildman–Crippen LogP) is 2.95. The maximum atomic E-state index is 11.6. The van der Waals surface area contributed by atoms with Crippen LogP contribution in [0.25, 0.3) is 10.2 Å². The number of aryl methyl sites for hydroxylation is 1. The van der Waals surface area contributed by atoms with Gasteiger partial charge in [-0.15, -0.1) is 0 Å². The fourth-order valence-corrected chi connectivity index (χ4v) is 2.90. The van der Waals surface area contributed by atoms with Gasteiger partial charge in [-0.25, -0.2) is 0 Å². The number of benzene rings is 1. The Morgan fingerprint density at radius 3 is 2.82 bits per heavy atom. The Balaban J connectivity index is 2.57. The molecule has 0 N–H and O–H groups in total. The number of nitrogens with zero attached hydrogens (tertiary/aromatic N) is 2. The van der Waals surface area contributed by atoms with E-state index in [4.69, 9.17) is 0 Å². The first-order valence-corrected chi connectivity index (χ1v) is 6.73. The summed E-state index contributed by atoms with van der Waals surface area (Å²) in [7, 11) is 0. The van der Waals surface area contributed by atoms with Gasteiger partial charge in [-0.2, -0.15) is 4.99 Å². The van der Waals surface area contributed by atoms with Crippen molar-refractivity contribution in [3.63, 3.8) is 0 Å². The quantitative estimate of drug-likeness (QED) is 0.822. The Hall–Kier alpha value is -1.42. The van der Waals surface area contributed by atoms with Crippen LogP contribution in [0.3, 0.4) is 0 Å². The lowest BCUT2D eigenvalue weighted by Gasteiger charge is -1.98. The lowest BCUT2D eigenvalue weighted by molar-refractivity contribution is -0.118. The van der Waals surface area contributed by atoms with E-state index in [9.17, 15) is 4.79 Å². The largest absolute Gasteiger partial charge is 0.317 e. The van der Waals surface area contributed by atoms with Crippen LogP contribution in [0.5, 0.6) is 0 Å². The monoisotopic (exact) mass is 248 g/mol. The molecule has 0 aliphatic heterocycles. The fourth-order valence-electron chi connectivity index (χ4n) is 1.79. The summed E-state index contributed by atoms with van der Waals surface area (Å²) in [6.07, 6.45) is 1.37. The Morgan fingerprint density at radius 1 is 1.35 bits per heavy atom. The van der Waals surface area contributed by atoms with Gasteiger partial charge in [-0.1, -0.05) is 30.4 Å². The zero-order chi connectivity index (χ0) is 12.3. The molecular weight excluding hydrogens is 232 g/mol. The Labute approximate surface area is 104 Å². The van der Waals surface area contributed by atoms with Gasteiger partial charge in [0.15, 0.2) is 4.80 Å². The highest BCUT2D eigenvalue weighted by Crippen LogP contribution is 2.16. The van der Waals surface area contributed by atoms with E-state index < -0.39 is 0 Å². The van der Waals surface area contributed by atoms with E-state index in [1.807, 2.05) is 19.1 Å². The van der Waals surface area contributed by atoms with E-state index in [0.29, 0.717) is 6.42 Å². The summed E-state index contributed by atoms with van der Waals surface area (Å²) in [5, 5.41) is 0. The molecule has 1 amide bonds. The minimum Gasteiger partial charge on any atom is -0.317 e. The van der Waals surface area contributed by atoms with Crippen LogP contribution in [0.4, 0.5) is 0 Å². The highest BCUT2D eigenvalue weighted by molar-refractivity contribution is 7.16. The van der Waals surface area contributed by atoms with E-state index in [1.165, 1.54) is 4.70 Å². The summed E-state index contributed by atoms with van der Waals surface area (Å²) >= 11 is 1.58. The van der Waals surface area contributed by atoms with Crippen LogP contribution in [-0.2, 0) is 11.3 Å². The van der Waals surface area contributed by atoms with Gasteiger partial charge in [0, 0.05) is 13.0 Å². The molecule has 0 bridgehead atoms. The van der Waals surface area contributed by atoms with Gasteiger partial charge < -0.3 is 4.57 Å². The molecule has 2 rings (SSSR count). The topological polar surface area (TPSA) is 34.4 Å². The number of hydrogen-bond acceptors (Lipinski definition) is 2. The average molecular weight is 248 g/mol. The van der Waals surface area contributed by atoms with Gasteiger partial charge in [-0.05, 0) is 25.5 Å². The average Bonchev–Trinajstić information content (AvgIpc) is 2.66. The van der Waals surface area contributed by atoms with Crippen molar-refractivity contribution in [2.24, 2.45) is 4.99 Å². The predicted molar refractivity (Wildman–Crippen MR) is 71.0 cm³/mol. The van der Waals surface area contributed by atoms with Gasteiger partial charge in [0.1, 0.15) is 0 Å². The van der Waals surface area contributed by atoms with E-state index in [1.54, 1.807) is 11.3 Å². The number of carbonyl (C=O) groups excluding carboxylic acids is 1. The molecule has 1 aromatic carbocycles. The Morgan fingerprint density at radius 2 is 2.12 bits per heavy atom. The second-order valence-electron chi connectivity index (χ2n) is 3.85. The van der Waals surface area contributed by atoms with E-state index >= 15 is 0 Å². The van der Waals surface area contributed by atoms with Crippen molar-refractivity contribution in [1.82, 2.24) is 4.57 Å². The maximum Gasteiger partial charge on any atom is 0.248 e. The number of rotatable bonds is 3. The number of thiazole rings is 1. The first-order chi connectivity index (χ1) is 8.26. The molecule has 1 aromatic heterocycles. The number of hydrogen-bond donors (Lipinski definition) is 0. The molecule has 0 saturated carbocycles. The van der Waals surface area contributed by atoms with Gasteiger partial charge in [0.2, 0.25) is 5.91 Å². The second-order valence-corrected chi connectivity index (χ2v) is 4.86. The molecule has 0 aliphatic carbocycles. The molecule has 0 aliphatic rings. The number of fused-ring (bicyclic) bond motifs is 1. The molecule has 4 heteroatoms. The van der Waals surface area contributed by atoms with Crippen LogP contribution in [-0.4, -0.2) is 10.5 Å². The van der Waals surface area contributed by atoms with Crippen LogP contribution in [0.1, 0.15) is 26.7 Å². The van der Waals surface area contributed by atoms with Gasteiger partial charge in [0.25, 0.3) is 0 Å². The van der Waals surface area contributed by atoms with Crippen LogP contribution >= 0.6 is 11.3 Å². The molecule has 2 aromatic rings. The van der Waals surface area contributed by atoms with Crippen LogP contribution < -0.4 is 4.80 Å². The minimum atomic E-state index is -0.0266. The van der Waals surface area contributed by atoms with Crippen LogP contribution in [0.15, 0.2) is 29.3 Å². The van der Waals surface area contributed by atoms with Crippen molar-refractivity contribution in [2.45, 2.75) is 33.2 Å². The molecule has 0 spiro atoms. The standard InChI is InChI=1S/C13H16N2OS/c1-3-7-12(16)14-13-15(4-2)10-8-5-6-9-11(10)17-13/h5-6,8-9H,3-4,7H2,1-2H3. The zero-order valence-corrected chi connectivity index (χ0v) is 11.0. The SMILES string of the molecule is CCCC(=O)N=c1sc2ccccc2n1CC. The molecule has 0 fully saturated rings. The lowest BCUT2D eigenvalue weighted by atomic mass is 10.3. The number of para-hydroxylation sites is 1. The summed E-state index contributed by atoms with van der Waals surface area (Å²) in [6, 6.07) is 8.16. The number of amides is 1. The lowest BCUT2D eigenvalue weighted by Crippen LogP contribution is -2.15. The third kappa shape index (κ3) is 2.47. The minimum absolute atomic E-state index is 0.0266. The third-order valence-corrected chi connectivity index (χ3v) is 3.65. The highest BCUT2D eigenvalue weighted by Gasteiger charge is 2.05. The maximum absolute atomic E-state index is 11.6. The zero-order valence-electron chi connectivity index (χ0n) is 10.1. The van der Waals surface area contributed by atoms with E-state index in [-0.39, 0.29) is 5.91 Å². The summed E-state index contributed by atoms with van der Waals surface area (Å²) in [6.45, 7) is 4.90. The molecule has 17 heavy (non-hydrogen) atoms. The van der Waals surface area contributed by atoms with Crippen LogP contribution in [0.2, 0.25) is 0 Å². The summed E-state index contributed by atoms with van der Waals surface area (Å²) in [4.78, 5) is 16.6. The molecular formula is C13H16N2OS. The molecule has 90 valence electrons. The van der Waals surface area contributed by atoms with Gasteiger partial charge in [-0.3, -0.25) is 4.79 Å². The first-order valence-electron chi connectivity index (χ1n) is 5.92. The van der Waals surface area contributed by atoms with Crippen molar-refractivity contribution >= 4 is 27.5 Å². The van der Waals surface area contributed by atoms with Crippen molar-refractivity contribution in [2.75, 3.05) is 0 Å². The van der Waals surface area contributed by atoms with E-state index in [2.05, 4.69) is 28.6 Å². The Kier molecular flexibility index (Phi) is 3.74. The highest BCUT2D eigenvalue weighted by atomic mass is 32.1. The normalized spacial score (nSPS) is 12.2. The van der Waals surface area contributed by atoms with Crippen molar-refractivity contribution in [3.05, 3.63) is 29.1 Å². The Bertz CT molecular complexity index is 595. The fraction of sp³-hybridized carbons (Fsp3) is 0.385. The summed E-state index contributed by atoms with van der Waals surface area (Å²) in [5.41, 5.74) is 1.16. The van der Waals surface area contributed by atoms with Gasteiger partial charge >= 0.3 is 0 Å². The van der Waals surface area contributed by atoms with Gasteiger partial charge in [0.05, 0.1) is 10.2 Å². The summed E-state index contributed by atoms with van der Waals surface area (Å²) < 4.78 is 3.27. The van der Waals surface area contributed by atoms with Crippen LogP contribution in [0, 0.1) is 0 Å². The smallest absolute Gasteiger partial charge is 0.248 e. The van der Waals surface area contributed by atoms with Crippen molar-refractivity contribution in [3.8, 4) is 0 Å².